The molecule has 162 valence electrons. The van der Waals surface area contributed by atoms with Gasteiger partial charge in [0.15, 0.2) is 0 Å². The molecule has 4 aromatic carbocycles. The first kappa shape index (κ1) is 22.5. The molecule has 4 rings (SSSR count). The molecule has 0 saturated heterocycles. The highest BCUT2D eigenvalue weighted by atomic mass is 127. The molecule has 0 saturated carbocycles. The van der Waals surface area contributed by atoms with E-state index in [9.17, 15) is 14.4 Å². The lowest BCUT2D eigenvalue weighted by molar-refractivity contribution is -0.112. The Morgan fingerprint density at radius 1 is 1.03 bits per heavy atom. The summed E-state index contributed by atoms with van der Waals surface area (Å²) < 4.78 is 20.7. The monoisotopic (exact) mass is 548 g/mol. The summed E-state index contributed by atoms with van der Waals surface area (Å²) in [6.45, 7) is 0.418. The third kappa shape index (κ3) is 5.38. The van der Waals surface area contributed by atoms with Gasteiger partial charge in [0.25, 0.3) is 5.91 Å². The lowest BCUT2D eigenvalue weighted by Gasteiger charge is -2.11. The van der Waals surface area contributed by atoms with Gasteiger partial charge in [-0.3, -0.25) is 4.79 Å². The van der Waals surface area contributed by atoms with Crippen molar-refractivity contribution in [3.63, 3.8) is 0 Å². The molecule has 0 unspecified atom stereocenters. The second kappa shape index (κ2) is 10.3. The van der Waals surface area contributed by atoms with E-state index in [4.69, 9.17) is 4.74 Å². The Balaban J connectivity index is 1.49. The van der Waals surface area contributed by atoms with Gasteiger partial charge in [-0.15, -0.1) is 0 Å². The molecule has 1 amide bonds. The van der Waals surface area contributed by atoms with Crippen LogP contribution < -0.4 is 10.1 Å². The number of benzene rings is 4. The standard InChI is InChI=1S/C27H18FIN2O2/c28-23-10-3-4-11-25(23)31-27(32)21(16-30)14-18-12-13-26(24(29)15-18)33-17-20-8-5-7-19-6-1-2-9-22(19)20/h1-15H,17H2,(H,31,32)/b21-14-. The second-order valence-electron chi connectivity index (χ2n) is 7.22. The number of nitrogens with zero attached hydrogens (tertiary/aromatic N) is 1. The van der Waals surface area contributed by atoms with Crippen LogP contribution in [0, 0.1) is 20.7 Å². The van der Waals surface area contributed by atoms with Crippen LogP contribution in [-0.4, -0.2) is 5.91 Å². The van der Waals surface area contributed by atoms with Crippen LogP contribution in [0.3, 0.4) is 0 Å². The first-order chi connectivity index (χ1) is 16.0. The Morgan fingerprint density at radius 3 is 2.58 bits per heavy atom. The quantitative estimate of drug-likeness (QED) is 0.166. The van der Waals surface area contributed by atoms with Gasteiger partial charge in [-0.2, -0.15) is 5.26 Å². The van der Waals surface area contributed by atoms with Crippen LogP contribution in [-0.2, 0) is 11.4 Å². The molecule has 4 aromatic rings. The molecule has 0 aliphatic carbocycles. The topological polar surface area (TPSA) is 62.1 Å². The first-order valence-electron chi connectivity index (χ1n) is 10.1. The number of hydrogen-bond acceptors (Lipinski definition) is 3. The number of para-hydroxylation sites is 1. The van der Waals surface area contributed by atoms with E-state index in [1.165, 1.54) is 24.3 Å². The van der Waals surface area contributed by atoms with Gasteiger partial charge in [-0.1, -0.05) is 60.7 Å². The van der Waals surface area contributed by atoms with Crippen molar-refractivity contribution in [2.24, 2.45) is 0 Å². The Kier molecular flexibility index (Phi) is 7.01. The van der Waals surface area contributed by atoms with E-state index in [0.29, 0.717) is 17.9 Å². The third-order valence-electron chi connectivity index (χ3n) is 5.02. The third-order valence-corrected chi connectivity index (χ3v) is 5.86. The van der Waals surface area contributed by atoms with Gasteiger partial charge in [0.1, 0.15) is 29.8 Å². The zero-order chi connectivity index (χ0) is 23.2. The number of nitrogens with one attached hydrogen (secondary N) is 1. The Morgan fingerprint density at radius 2 is 1.79 bits per heavy atom. The number of fused-ring (bicyclic) bond motifs is 1. The lowest BCUT2D eigenvalue weighted by atomic mass is 10.1. The number of carbonyl (C=O) groups excluding carboxylic acids is 1. The molecule has 0 heterocycles. The van der Waals surface area contributed by atoms with Crippen LogP contribution in [0.4, 0.5) is 10.1 Å². The maximum Gasteiger partial charge on any atom is 0.266 e. The van der Waals surface area contributed by atoms with Crippen molar-refractivity contribution in [2.45, 2.75) is 6.61 Å². The number of nitriles is 1. The highest BCUT2D eigenvalue weighted by Gasteiger charge is 2.12. The van der Waals surface area contributed by atoms with Gasteiger partial charge in [-0.25, -0.2) is 4.39 Å². The summed E-state index contributed by atoms with van der Waals surface area (Å²) in [6, 6.07) is 27.4. The largest absolute Gasteiger partial charge is 0.488 e. The van der Waals surface area contributed by atoms with Crippen molar-refractivity contribution in [1.82, 2.24) is 0 Å². The van der Waals surface area contributed by atoms with Gasteiger partial charge >= 0.3 is 0 Å². The summed E-state index contributed by atoms with van der Waals surface area (Å²) in [5.74, 6) is -0.533. The fourth-order valence-electron chi connectivity index (χ4n) is 3.37. The number of amides is 1. The minimum atomic E-state index is -0.672. The Bertz CT molecular complexity index is 1400. The fraction of sp³-hybridized carbons (Fsp3) is 0.0370. The summed E-state index contributed by atoms with van der Waals surface area (Å²) >= 11 is 2.16. The van der Waals surface area contributed by atoms with E-state index in [0.717, 1.165) is 19.9 Å². The second-order valence-corrected chi connectivity index (χ2v) is 8.38. The number of rotatable bonds is 6. The van der Waals surface area contributed by atoms with Crippen LogP contribution in [0.5, 0.6) is 5.75 Å². The van der Waals surface area contributed by atoms with Crippen molar-refractivity contribution >= 4 is 51.0 Å². The molecule has 0 spiro atoms. The summed E-state index contributed by atoms with van der Waals surface area (Å²) in [4.78, 5) is 12.4. The van der Waals surface area contributed by atoms with Crippen molar-refractivity contribution < 1.29 is 13.9 Å². The molecular weight excluding hydrogens is 530 g/mol. The van der Waals surface area contributed by atoms with Gasteiger partial charge in [0.05, 0.1) is 9.26 Å². The van der Waals surface area contributed by atoms with Crippen LogP contribution in [0.15, 0.2) is 90.5 Å². The number of anilines is 1. The average molecular weight is 548 g/mol. The molecule has 0 atom stereocenters. The molecule has 0 bridgehead atoms. The maximum atomic E-state index is 13.8. The molecule has 4 nitrogen and oxygen atoms in total. The van der Waals surface area contributed by atoms with Crippen LogP contribution in [0.2, 0.25) is 0 Å². The molecule has 0 aromatic heterocycles. The molecule has 0 fully saturated rings. The van der Waals surface area contributed by atoms with Gasteiger partial charge in [0.2, 0.25) is 0 Å². The fourth-order valence-corrected chi connectivity index (χ4v) is 4.06. The number of ether oxygens (including phenoxy) is 1. The Labute approximate surface area is 204 Å². The number of halogens is 2. The van der Waals surface area contributed by atoms with Crippen molar-refractivity contribution in [2.75, 3.05) is 5.32 Å². The van der Waals surface area contributed by atoms with Gasteiger partial charge in [0, 0.05) is 0 Å². The molecule has 0 aliphatic heterocycles. The molecule has 0 radical (unpaired) electrons. The summed E-state index contributed by atoms with van der Waals surface area (Å²) in [5.41, 5.74) is 1.65. The van der Waals surface area contributed by atoms with E-state index in [-0.39, 0.29) is 11.3 Å². The molecule has 0 aliphatic rings. The first-order valence-corrected chi connectivity index (χ1v) is 11.2. The zero-order valence-corrected chi connectivity index (χ0v) is 19.5. The highest BCUT2D eigenvalue weighted by Crippen LogP contribution is 2.26. The molecule has 1 N–H and O–H groups in total. The zero-order valence-electron chi connectivity index (χ0n) is 17.4. The average Bonchev–Trinajstić information content (AvgIpc) is 2.83. The van der Waals surface area contributed by atoms with E-state index >= 15 is 0 Å². The minimum Gasteiger partial charge on any atom is -0.488 e. The van der Waals surface area contributed by atoms with Crippen molar-refractivity contribution in [1.29, 1.82) is 5.26 Å². The summed E-state index contributed by atoms with van der Waals surface area (Å²) in [6.07, 6.45) is 1.47. The molecule has 33 heavy (non-hydrogen) atoms. The predicted molar refractivity (Wildman–Crippen MR) is 136 cm³/mol. The van der Waals surface area contributed by atoms with Crippen molar-refractivity contribution in [3.05, 3.63) is 111 Å². The highest BCUT2D eigenvalue weighted by molar-refractivity contribution is 14.1. The summed E-state index contributed by atoms with van der Waals surface area (Å²) in [5, 5.41) is 14.2. The predicted octanol–water partition coefficient (Wildman–Crippen LogP) is 6.71. The van der Waals surface area contributed by atoms with Gasteiger partial charge < -0.3 is 10.1 Å². The maximum absolute atomic E-state index is 13.8. The molecule has 6 heteroatoms. The van der Waals surface area contributed by atoms with E-state index < -0.39 is 11.7 Å². The summed E-state index contributed by atoms with van der Waals surface area (Å²) in [7, 11) is 0. The lowest BCUT2D eigenvalue weighted by Crippen LogP contribution is -2.14. The smallest absolute Gasteiger partial charge is 0.266 e. The number of hydrogen-bond donors (Lipinski definition) is 1. The number of carbonyl (C=O) groups is 1. The normalized spacial score (nSPS) is 11.1. The minimum absolute atomic E-state index is 0.0235. The van der Waals surface area contributed by atoms with E-state index in [1.807, 2.05) is 42.5 Å². The van der Waals surface area contributed by atoms with E-state index in [1.54, 1.807) is 12.1 Å². The SMILES string of the molecule is N#C/C(=C/c1ccc(OCc2cccc3ccccc23)c(I)c1)C(=O)Nc1ccccc1F. The van der Waals surface area contributed by atoms with Crippen LogP contribution in [0.25, 0.3) is 16.8 Å². The van der Waals surface area contributed by atoms with Crippen LogP contribution >= 0.6 is 22.6 Å². The Hall–Kier alpha value is -3.70. The van der Waals surface area contributed by atoms with Crippen molar-refractivity contribution in [3.8, 4) is 11.8 Å². The van der Waals surface area contributed by atoms with E-state index in [2.05, 4.69) is 46.1 Å². The van der Waals surface area contributed by atoms with Crippen LogP contribution in [0.1, 0.15) is 11.1 Å². The molecular formula is C27H18FIN2O2. The van der Waals surface area contributed by atoms with Gasteiger partial charge in [-0.05, 0) is 74.8 Å².